The van der Waals surface area contributed by atoms with Crippen molar-refractivity contribution in [1.29, 1.82) is 0 Å². The van der Waals surface area contributed by atoms with Crippen molar-refractivity contribution in [2.45, 2.75) is 38.0 Å². The van der Waals surface area contributed by atoms with Gasteiger partial charge in [-0.2, -0.15) is 0 Å². The highest BCUT2D eigenvalue weighted by atomic mass is 16.4. The van der Waals surface area contributed by atoms with Crippen LogP contribution >= 0.6 is 0 Å². The third kappa shape index (κ3) is 2.15. The highest BCUT2D eigenvalue weighted by Crippen LogP contribution is 2.33. The lowest BCUT2D eigenvalue weighted by atomic mass is 10.1. The van der Waals surface area contributed by atoms with E-state index in [2.05, 4.69) is 10.3 Å². The first-order valence-corrected chi connectivity index (χ1v) is 5.49. The molecule has 2 rings (SSSR count). The van der Waals surface area contributed by atoms with Gasteiger partial charge in [-0.05, 0) is 19.9 Å². The number of hydrogen-bond acceptors (Lipinski definition) is 3. The Morgan fingerprint density at radius 1 is 1.50 bits per heavy atom. The Morgan fingerprint density at radius 3 is 3.00 bits per heavy atom. The van der Waals surface area contributed by atoms with Crippen LogP contribution in [0.15, 0.2) is 10.6 Å². The number of aromatic nitrogens is 1. The molecule has 1 aromatic heterocycles. The van der Waals surface area contributed by atoms with Crippen LogP contribution in [0, 0.1) is 0 Å². The summed E-state index contributed by atoms with van der Waals surface area (Å²) in [7, 11) is 1.95. The van der Waals surface area contributed by atoms with Gasteiger partial charge in [0, 0.05) is 18.9 Å². The highest BCUT2D eigenvalue weighted by molar-refractivity contribution is 5.01. The third-order valence-electron chi connectivity index (χ3n) is 2.90. The molecule has 1 saturated carbocycles. The fourth-order valence-corrected chi connectivity index (χ4v) is 2.05. The molecule has 1 aliphatic carbocycles. The summed E-state index contributed by atoms with van der Waals surface area (Å²) in [6, 6.07) is 0. The first-order chi connectivity index (χ1) is 6.90. The minimum atomic E-state index is 0.596. The maximum atomic E-state index is 5.72. The largest absolute Gasteiger partial charge is 0.445 e. The van der Waals surface area contributed by atoms with E-state index in [0.29, 0.717) is 5.92 Å². The topological polar surface area (TPSA) is 38.1 Å². The number of oxazole rings is 1. The molecule has 0 saturated heterocycles. The molecule has 1 aromatic rings. The molecule has 0 aliphatic heterocycles. The summed E-state index contributed by atoms with van der Waals surface area (Å²) in [5.41, 5.74) is 0. The van der Waals surface area contributed by atoms with Gasteiger partial charge >= 0.3 is 0 Å². The molecule has 0 unspecified atom stereocenters. The maximum Gasteiger partial charge on any atom is 0.197 e. The van der Waals surface area contributed by atoms with Crippen LogP contribution in [0.2, 0.25) is 0 Å². The summed E-state index contributed by atoms with van der Waals surface area (Å²) in [6.45, 7) is 0.958. The van der Waals surface area contributed by atoms with Crippen LogP contribution in [0.1, 0.15) is 43.3 Å². The molecule has 0 aromatic carbocycles. The van der Waals surface area contributed by atoms with Gasteiger partial charge in [-0.3, -0.25) is 0 Å². The maximum absolute atomic E-state index is 5.72. The van der Waals surface area contributed by atoms with Crippen molar-refractivity contribution in [3.05, 3.63) is 17.8 Å². The van der Waals surface area contributed by atoms with E-state index in [9.17, 15) is 0 Å². The van der Waals surface area contributed by atoms with E-state index >= 15 is 0 Å². The number of hydrogen-bond donors (Lipinski definition) is 1. The summed E-state index contributed by atoms with van der Waals surface area (Å²) in [4.78, 5) is 4.36. The Labute approximate surface area is 84.9 Å². The second kappa shape index (κ2) is 4.60. The molecule has 3 nitrogen and oxygen atoms in total. The fraction of sp³-hybridized carbons (Fsp3) is 0.727. The average molecular weight is 194 g/mol. The summed E-state index contributed by atoms with van der Waals surface area (Å²) in [6.07, 6.45) is 8.00. The third-order valence-corrected chi connectivity index (χ3v) is 2.90. The molecule has 3 heteroatoms. The summed E-state index contributed by atoms with van der Waals surface area (Å²) in [5.74, 6) is 2.58. The fourth-order valence-electron chi connectivity index (χ4n) is 2.05. The first kappa shape index (κ1) is 9.71. The van der Waals surface area contributed by atoms with Crippen LogP contribution < -0.4 is 5.32 Å². The zero-order chi connectivity index (χ0) is 9.80. The first-order valence-electron chi connectivity index (χ1n) is 5.49. The van der Waals surface area contributed by atoms with E-state index in [1.54, 1.807) is 0 Å². The lowest BCUT2D eigenvalue weighted by molar-refractivity contribution is 0.417. The van der Waals surface area contributed by atoms with Gasteiger partial charge in [-0.25, -0.2) is 4.98 Å². The summed E-state index contributed by atoms with van der Waals surface area (Å²) >= 11 is 0. The Morgan fingerprint density at radius 2 is 2.29 bits per heavy atom. The van der Waals surface area contributed by atoms with Crippen molar-refractivity contribution < 1.29 is 4.42 Å². The lowest BCUT2D eigenvalue weighted by Gasteiger charge is -2.01. The predicted octanol–water partition coefficient (Wildman–Crippen LogP) is 2.09. The van der Waals surface area contributed by atoms with Crippen molar-refractivity contribution in [2.24, 2.45) is 0 Å². The lowest BCUT2D eigenvalue weighted by Crippen LogP contribution is -2.09. The molecule has 14 heavy (non-hydrogen) atoms. The summed E-state index contributed by atoms with van der Waals surface area (Å²) < 4.78 is 5.72. The zero-order valence-corrected chi connectivity index (χ0v) is 8.75. The quantitative estimate of drug-likeness (QED) is 0.797. The van der Waals surface area contributed by atoms with Gasteiger partial charge in [0.05, 0.1) is 6.20 Å². The number of nitrogens with one attached hydrogen (secondary N) is 1. The second-order valence-electron chi connectivity index (χ2n) is 4.00. The Balaban J connectivity index is 1.94. The van der Waals surface area contributed by atoms with E-state index in [1.807, 2.05) is 13.2 Å². The smallest absolute Gasteiger partial charge is 0.197 e. The monoisotopic (exact) mass is 194 g/mol. The normalized spacial score (nSPS) is 17.8. The molecule has 0 amide bonds. The van der Waals surface area contributed by atoms with E-state index in [4.69, 9.17) is 4.42 Å². The van der Waals surface area contributed by atoms with Crippen molar-refractivity contribution in [2.75, 3.05) is 13.6 Å². The van der Waals surface area contributed by atoms with Gasteiger partial charge in [0.25, 0.3) is 0 Å². The Kier molecular flexibility index (Phi) is 3.19. The highest BCUT2D eigenvalue weighted by Gasteiger charge is 2.21. The molecule has 1 aliphatic rings. The number of nitrogens with zero attached hydrogens (tertiary/aromatic N) is 1. The molecular weight excluding hydrogens is 176 g/mol. The minimum absolute atomic E-state index is 0.596. The van der Waals surface area contributed by atoms with Gasteiger partial charge in [0.2, 0.25) is 0 Å². The summed E-state index contributed by atoms with van der Waals surface area (Å²) in [5, 5.41) is 3.11. The molecule has 1 N–H and O–H groups in total. The molecule has 78 valence electrons. The van der Waals surface area contributed by atoms with Gasteiger partial charge < -0.3 is 9.73 Å². The van der Waals surface area contributed by atoms with Crippen molar-refractivity contribution in [1.82, 2.24) is 10.3 Å². The molecule has 0 bridgehead atoms. The van der Waals surface area contributed by atoms with Crippen LogP contribution in [0.5, 0.6) is 0 Å². The number of likely N-dealkylation sites (N-methyl/N-ethyl adjacent to an activating group) is 1. The van der Waals surface area contributed by atoms with Gasteiger partial charge in [0.15, 0.2) is 5.89 Å². The Hall–Kier alpha value is -0.830. The van der Waals surface area contributed by atoms with Crippen LogP contribution in [-0.4, -0.2) is 18.6 Å². The van der Waals surface area contributed by atoms with Crippen LogP contribution in [-0.2, 0) is 6.42 Å². The van der Waals surface area contributed by atoms with Crippen LogP contribution in [0.4, 0.5) is 0 Å². The van der Waals surface area contributed by atoms with E-state index < -0.39 is 0 Å². The van der Waals surface area contributed by atoms with E-state index in [1.165, 1.54) is 25.7 Å². The standard InChI is InChI=1S/C11H18N2O/c1-12-7-6-10-8-13-11(14-10)9-4-2-3-5-9/h8-9,12H,2-7H2,1H3. The van der Waals surface area contributed by atoms with Gasteiger partial charge in [-0.1, -0.05) is 12.8 Å². The molecule has 0 spiro atoms. The molecule has 0 radical (unpaired) electrons. The van der Waals surface area contributed by atoms with Crippen LogP contribution in [0.25, 0.3) is 0 Å². The minimum Gasteiger partial charge on any atom is -0.445 e. The Bertz CT molecular complexity index is 277. The van der Waals surface area contributed by atoms with E-state index in [-0.39, 0.29) is 0 Å². The average Bonchev–Trinajstić information content (AvgIpc) is 2.85. The van der Waals surface area contributed by atoms with Crippen LogP contribution in [0.3, 0.4) is 0 Å². The predicted molar refractivity (Wildman–Crippen MR) is 55.3 cm³/mol. The van der Waals surface area contributed by atoms with Crippen molar-refractivity contribution in [3.63, 3.8) is 0 Å². The molecule has 1 heterocycles. The number of rotatable bonds is 4. The zero-order valence-electron chi connectivity index (χ0n) is 8.75. The van der Waals surface area contributed by atoms with Gasteiger partial charge in [-0.15, -0.1) is 0 Å². The van der Waals surface area contributed by atoms with Crippen molar-refractivity contribution in [3.8, 4) is 0 Å². The van der Waals surface area contributed by atoms with E-state index in [0.717, 1.165) is 24.6 Å². The van der Waals surface area contributed by atoms with Gasteiger partial charge in [0.1, 0.15) is 5.76 Å². The SMILES string of the molecule is CNCCc1cnc(C2CCCC2)o1. The second-order valence-corrected chi connectivity index (χ2v) is 4.00. The molecule has 0 atom stereocenters. The van der Waals surface area contributed by atoms with Crippen molar-refractivity contribution >= 4 is 0 Å². The molecular formula is C11H18N2O. The molecule has 1 fully saturated rings.